The van der Waals surface area contributed by atoms with Crippen molar-refractivity contribution in [1.82, 2.24) is 0 Å². The van der Waals surface area contributed by atoms with Gasteiger partial charge >= 0.3 is 11.9 Å². The first-order valence-electron chi connectivity index (χ1n) is 7.51. The maximum atomic E-state index is 11.7. The minimum atomic E-state index is -1.14. The van der Waals surface area contributed by atoms with E-state index in [1.165, 1.54) is 0 Å². The van der Waals surface area contributed by atoms with Crippen molar-refractivity contribution in [2.45, 2.75) is 58.8 Å². The number of rotatable bonds is 6. The van der Waals surface area contributed by atoms with Crippen LogP contribution < -0.4 is 0 Å². The van der Waals surface area contributed by atoms with Crippen LogP contribution in [0.5, 0.6) is 0 Å². The van der Waals surface area contributed by atoms with Gasteiger partial charge in [0.25, 0.3) is 0 Å². The highest BCUT2D eigenvalue weighted by molar-refractivity contribution is 5.85. The molecule has 4 nitrogen and oxygen atoms in total. The van der Waals surface area contributed by atoms with Crippen LogP contribution in [0, 0.1) is 5.92 Å². The van der Waals surface area contributed by atoms with E-state index in [1.54, 1.807) is 33.8 Å². The molecule has 0 spiro atoms. The topological polar surface area (TPSA) is 74.6 Å². The van der Waals surface area contributed by atoms with Crippen LogP contribution in [0.15, 0.2) is 18.2 Å². The van der Waals surface area contributed by atoms with Gasteiger partial charge in [-0.3, -0.25) is 9.59 Å². The van der Waals surface area contributed by atoms with Crippen molar-refractivity contribution in [2.24, 2.45) is 5.92 Å². The summed E-state index contributed by atoms with van der Waals surface area (Å²) in [5.41, 5.74) is -0.122. The van der Waals surface area contributed by atoms with Crippen LogP contribution >= 0.6 is 0 Å². The molecule has 1 aromatic rings. The van der Waals surface area contributed by atoms with Gasteiger partial charge in [-0.15, -0.1) is 0 Å². The van der Waals surface area contributed by atoms with Crippen LogP contribution in [0.4, 0.5) is 0 Å². The molecule has 1 rings (SSSR count). The summed E-state index contributed by atoms with van der Waals surface area (Å²) in [5.74, 6) is -1.48. The summed E-state index contributed by atoms with van der Waals surface area (Å²) in [7, 11) is 0. The first-order chi connectivity index (χ1) is 9.90. The fourth-order valence-electron chi connectivity index (χ4n) is 2.48. The van der Waals surface area contributed by atoms with E-state index < -0.39 is 22.8 Å². The largest absolute Gasteiger partial charge is 0.481 e. The van der Waals surface area contributed by atoms with E-state index in [1.807, 2.05) is 12.1 Å². The van der Waals surface area contributed by atoms with E-state index in [4.69, 9.17) is 0 Å². The van der Waals surface area contributed by atoms with Gasteiger partial charge in [0.2, 0.25) is 0 Å². The Morgan fingerprint density at radius 3 is 1.82 bits per heavy atom. The third-order valence-electron chi connectivity index (χ3n) is 4.14. The van der Waals surface area contributed by atoms with Crippen molar-refractivity contribution < 1.29 is 19.8 Å². The van der Waals surface area contributed by atoms with Gasteiger partial charge in [0, 0.05) is 0 Å². The van der Waals surface area contributed by atoms with Gasteiger partial charge in [0.05, 0.1) is 10.8 Å². The normalized spacial score (nSPS) is 12.5. The lowest BCUT2D eigenvalue weighted by Crippen LogP contribution is -2.36. The molecule has 0 aliphatic rings. The number of carbonyl (C=O) groups is 2. The summed E-state index contributed by atoms with van der Waals surface area (Å²) in [5, 5.41) is 19.0. The third kappa shape index (κ3) is 3.49. The molecule has 0 heterocycles. The Bertz CT molecular complexity index is 583. The number of benzene rings is 1. The maximum absolute atomic E-state index is 11.7. The van der Waals surface area contributed by atoms with E-state index in [9.17, 15) is 19.8 Å². The summed E-state index contributed by atoms with van der Waals surface area (Å²) in [6.07, 6.45) is 0.830. The average Bonchev–Trinajstić information content (AvgIpc) is 2.37. The number of aliphatic carboxylic acids is 2. The molecule has 1 aromatic carbocycles. The Labute approximate surface area is 132 Å². The van der Waals surface area contributed by atoms with Gasteiger partial charge in [-0.25, -0.2) is 0 Å². The zero-order chi connectivity index (χ0) is 17.3. The Hall–Kier alpha value is -1.84. The molecule has 0 amide bonds. The van der Waals surface area contributed by atoms with E-state index in [0.717, 1.165) is 12.0 Å². The predicted octanol–water partition coefficient (Wildman–Crippen LogP) is 3.61. The highest BCUT2D eigenvalue weighted by Crippen LogP contribution is 2.36. The minimum Gasteiger partial charge on any atom is -0.481 e. The Morgan fingerprint density at radius 2 is 1.41 bits per heavy atom. The maximum Gasteiger partial charge on any atom is 0.313 e. The Morgan fingerprint density at radius 1 is 0.955 bits per heavy atom. The van der Waals surface area contributed by atoms with Crippen molar-refractivity contribution in [3.8, 4) is 0 Å². The lowest BCUT2D eigenvalue weighted by atomic mass is 9.72. The zero-order valence-electron chi connectivity index (χ0n) is 14.2. The van der Waals surface area contributed by atoms with Gasteiger partial charge in [0.15, 0.2) is 0 Å². The molecule has 4 heteroatoms. The van der Waals surface area contributed by atoms with E-state index in [-0.39, 0.29) is 0 Å². The number of carboxylic acid groups (broad SMARTS) is 2. The number of hydrogen-bond donors (Lipinski definition) is 2. The van der Waals surface area contributed by atoms with Gasteiger partial charge < -0.3 is 10.2 Å². The molecular weight excluding hydrogens is 280 g/mol. The lowest BCUT2D eigenvalue weighted by Gasteiger charge is -2.30. The van der Waals surface area contributed by atoms with E-state index in [0.29, 0.717) is 17.0 Å². The average molecular weight is 306 g/mol. The molecule has 0 fully saturated rings. The summed E-state index contributed by atoms with van der Waals surface area (Å²) in [6.45, 7) is 10.6. The summed E-state index contributed by atoms with van der Waals surface area (Å²) >= 11 is 0. The number of hydrogen-bond acceptors (Lipinski definition) is 2. The number of carboxylic acids is 2. The molecule has 0 saturated carbocycles. The van der Waals surface area contributed by atoms with E-state index in [2.05, 4.69) is 13.8 Å². The highest BCUT2D eigenvalue weighted by atomic mass is 16.4. The molecule has 2 N–H and O–H groups in total. The third-order valence-corrected chi connectivity index (χ3v) is 4.14. The Kier molecular flexibility index (Phi) is 5.06. The standard InChI is InChI=1S/C18H26O4/c1-11(2)9-12-7-8-13(17(3,4)15(19)20)14(10-12)18(5,6)16(21)22/h7-8,10-11H,9H2,1-6H3,(H,19,20)(H,21,22). The van der Waals surface area contributed by atoms with Crippen LogP contribution in [0.2, 0.25) is 0 Å². The summed E-state index contributed by atoms with van der Waals surface area (Å²) in [4.78, 5) is 23.2. The van der Waals surface area contributed by atoms with Crippen molar-refractivity contribution in [2.75, 3.05) is 0 Å². The fourth-order valence-corrected chi connectivity index (χ4v) is 2.48. The van der Waals surface area contributed by atoms with Crippen molar-refractivity contribution in [3.05, 3.63) is 34.9 Å². The fraction of sp³-hybridized carbons (Fsp3) is 0.556. The molecule has 0 atom stereocenters. The highest BCUT2D eigenvalue weighted by Gasteiger charge is 2.39. The molecule has 0 saturated heterocycles. The molecule has 122 valence electrons. The van der Waals surface area contributed by atoms with Crippen LogP contribution in [0.1, 0.15) is 58.2 Å². The van der Waals surface area contributed by atoms with Gasteiger partial charge in [0.1, 0.15) is 0 Å². The van der Waals surface area contributed by atoms with Crippen LogP contribution in [-0.2, 0) is 26.8 Å². The van der Waals surface area contributed by atoms with Gasteiger partial charge in [-0.2, -0.15) is 0 Å². The molecule has 0 bridgehead atoms. The summed E-state index contributed by atoms with van der Waals surface area (Å²) in [6, 6.07) is 5.53. The smallest absolute Gasteiger partial charge is 0.313 e. The monoisotopic (exact) mass is 306 g/mol. The van der Waals surface area contributed by atoms with Gasteiger partial charge in [-0.1, -0.05) is 32.0 Å². The second kappa shape index (κ2) is 6.11. The van der Waals surface area contributed by atoms with Gasteiger partial charge in [-0.05, 0) is 56.7 Å². The van der Waals surface area contributed by atoms with Crippen molar-refractivity contribution in [3.63, 3.8) is 0 Å². The van der Waals surface area contributed by atoms with Crippen LogP contribution in [0.3, 0.4) is 0 Å². The molecule has 0 aromatic heterocycles. The zero-order valence-corrected chi connectivity index (χ0v) is 14.2. The SMILES string of the molecule is CC(C)Cc1ccc(C(C)(C)C(=O)O)c(C(C)(C)C(=O)O)c1. The second-order valence-electron chi connectivity index (χ2n) is 7.34. The van der Waals surface area contributed by atoms with Crippen LogP contribution in [0.25, 0.3) is 0 Å². The Balaban J connectivity index is 3.58. The second-order valence-corrected chi connectivity index (χ2v) is 7.34. The molecule has 0 radical (unpaired) electrons. The first kappa shape index (κ1) is 18.2. The van der Waals surface area contributed by atoms with Crippen molar-refractivity contribution in [1.29, 1.82) is 0 Å². The molecular formula is C18H26O4. The molecule has 22 heavy (non-hydrogen) atoms. The van der Waals surface area contributed by atoms with Crippen molar-refractivity contribution >= 4 is 11.9 Å². The molecule has 0 unspecified atom stereocenters. The molecule has 0 aliphatic carbocycles. The molecule has 0 aliphatic heterocycles. The van der Waals surface area contributed by atoms with E-state index >= 15 is 0 Å². The summed E-state index contributed by atoms with van der Waals surface area (Å²) < 4.78 is 0. The quantitative estimate of drug-likeness (QED) is 0.842. The predicted molar refractivity (Wildman–Crippen MR) is 86.3 cm³/mol. The minimum absolute atomic E-state index is 0.444. The first-order valence-corrected chi connectivity index (χ1v) is 7.51. The van der Waals surface area contributed by atoms with Crippen LogP contribution in [-0.4, -0.2) is 22.2 Å². The lowest BCUT2D eigenvalue weighted by molar-refractivity contribution is -0.144.